The molecule has 12 heavy (non-hydrogen) atoms. The highest BCUT2D eigenvalue weighted by atomic mass is 127. The van der Waals surface area contributed by atoms with Crippen LogP contribution in [0.3, 0.4) is 0 Å². The third-order valence-electron chi connectivity index (χ3n) is 1.61. The van der Waals surface area contributed by atoms with Crippen LogP contribution < -0.4 is 0 Å². The molecule has 0 aliphatic rings. The Hall–Kier alpha value is 0.720. The number of aryl methyl sites for hydroxylation is 1. The summed E-state index contributed by atoms with van der Waals surface area (Å²) in [5, 5.41) is 0. The molecule has 0 fully saturated rings. The lowest BCUT2D eigenvalue weighted by molar-refractivity contribution is 0.922. The maximum atomic E-state index is 5.63. The van der Waals surface area contributed by atoms with E-state index in [4.69, 9.17) is 11.6 Å². The summed E-state index contributed by atoms with van der Waals surface area (Å²) < 4.78 is 2.48. The molecule has 0 aliphatic carbocycles. The molecule has 0 atom stereocenters. The highest BCUT2D eigenvalue weighted by molar-refractivity contribution is 14.1. The van der Waals surface area contributed by atoms with E-state index in [0.717, 1.165) is 18.7 Å². The van der Waals surface area contributed by atoms with Gasteiger partial charge < -0.3 is 0 Å². The SMILES string of the molecule is ClCCCc1cccc(Br)c1I. The van der Waals surface area contributed by atoms with Crippen molar-refractivity contribution in [2.75, 3.05) is 5.88 Å². The van der Waals surface area contributed by atoms with Gasteiger partial charge in [0, 0.05) is 13.9 Å². The third kappa shape index (κ3) is 2.89. The van der Waals surface area contributed by atoms with Gasteiger partial charge in [-0.25, -0.2) is 0 Å². The van der Waals surface area contributed by atoms with E-state index < -0.39 is 0 Å². The Labute approximate surface area is 100.0 Å². The number of hydrogen-bond donors (Lipinski definition) is 0. The quantitative estimate of drug-likeness (QED) is 0.560. The van der Waals surface area contributed by atoms with Gasteiger partial charge in [-0.1, -0.05) is 12.1 Å². The molecule has 3 heteroatoms. The molecule has 0 saturated carbocycles. The van der Waals surface area contributed by atoms with Crippen molar-refractivity contribution >= 4 is 50.1 Å². The predicted molar refractivity (Wildman–Crippen MR) is 65.9 cm³/mol. The van der Waals surface area contributed by atoms with Crippen LogP contribution in [0.5, 0.6) is 0 Å². The van der Waals surface area contributed by atoms with Crippen molar-refractivity contribution < 1.29 is 0 Å². The summed E-state index contributed by atoms with van der Waals surface area (Å²) >= 11 is 11.5. The predicted octanol–water partition coefficient (Wildman–Crippen LogP) is 4.23. The summed E-state index contributed by atoms with van der Waals surface area (Å²) in [6, 6.07) is 6.28. The molecule has 0 saturated heterocycles. The lowest BCUT2D eigenvalue weighted by Gasteiger charge is -2.04. The van der Waals surface area contributed by atoms with Gasteiger partial charge in [0.1, 0.15) is 0 Å². The van der Waals surface area contributed by atoms with Gasteiger partial charge in [-0.2, -0.15) is 0 Å². The van der Waals surface area contributed by atoms with E-state index in [1.165, 1.54) is 13.6 Å². The fourth-order valence-corrected chi connectivity index (χ4v) is 2.17. The van der Waals surface area contributed by atoms with E-state index in [1.54, 1.807) is 0 Å². The fourth-order valence-electron chi connectivity index (χ4n) is 0.999. The monoisotopic (exact) mass is 358 g/mol. The molecule has 0 radical (unpaired) electrons. The van der Waals surface area contributed by atoms with Crippen molar-refractivity contribution in [3.8, 4) is 0 Å². The zero-order chi connectivity index (χ0) is 8.97. The van der Waals surface area contributed by atoms with Crippen molar-refractivity contribution in [1.29, 1.82) is 0 Å². The molecule has 0 aromatic heterocycles. The minimum atomic E-state index is 0.739. The summed E-state index contributed by atoms with van der Waals surface area (Å²) in [7, 11) is 0. The molecular formula is C9H9BrClI. The van der Waals surface area contributed by atoms with Crippen LogP contribution in [-0.4, -0.2) is 5.88 Å². The summed E-state index contributed by atoms with van der Waals surface area (Å²) in [4.78, 5) is 0. The second-order valence-electron chi connectivity index (χ2n) is 2.51. The largest absolute Gasteiger partial charge is 0.127 e. The second kappa shape index (κ2) is 5.45. The number of halogens is 3. The van der Waals surface area contributed by atoms with E-state index in [1.807, 2.05) is 0 Å². The Bertz CT molecular complexity index is 263. The molecule has 0 unspecified atom stereocenters. The van der Waals surface area contributed by atoms with Crippen molar-refractivity contribution in [3.63, 3.8) is 0 Å². The highest BCUT2D eigenvalue weighted by Crippen LogP contribution is 2.23. The van der Waals surface area contributed by atoms with Crippen LogP contribution in [0, 0.1) is 3.57 Å². The molecule has 66 valence electrons. The molecule has 0 bridgehead atoms. The van der Waals surface area contributed by atoms with Crippen molar-refractivity contribution in [1.82, 2.24) is 0 Å². The molecular weight excluding hydrogens is 350 g/mol. The van der Waals surface area contributed by atoms with Crippen LogP contribution in [0.15, 0.2) is 22.7 Å². The Kier molecular flexibility index (Phi) is 4.90. The number of rotatable bonds is 3. The van der Waals surface area contributed by atoms with Gasteiger partial charge in [0.2, 0.25) is 0 Å². The van der Waals surface area contributed by atoms with Crippen LogP contribution in [0.2, 0.25) is 0 Å². The Morgan fingerprint density at radius 1 is 1.42 bits per heavy atom. The first kappa shape index (κ1) is 10.8. The maximum Gasteiger partial charge on any atom is 0.0311 e. The minimum absolute atomic E-state index is 0.739. The summed E-state index contributed by atoms with van der Waals surface area (Å²) in [5.41, 5.74) is 1.38. The smallest absolute Gasteiger partial charge is 0.0311 e. The van der Waals surface area contributed by atoms with Crippen molar-refractivity contribution in [2.45, 2.75) is 12.8 Å². The molecule has 1 rings (SSSR count). The average molecular weight is 359 g/mol. The van der Waals surface area contributed by atoms with Crippen LogP contribution in [0.4, 0.5) is 0 Å². The molecule has 1 aromatic rings. The molecule has 0 nitrogen and oxygen atoms in total. The lowest BCUT2D eigenvalue weighted by Crippen LogP contribution is -1.90. The van der Waals surface area contributed by atoms with Crippen LogP contribution >= 0.6 is 50.1 Å². The number of benzene rings is 1. The standard InChI is InChI=1S/C9H9BrClI/c10-8-5-1-3-7(9(8)12)4-2-6-11/h1,3,5H,2,4,6H2. The zero-order valence-corrected chi connectivity index (χ0v) is 11.0. The highest BCUT2D eigenvalue weighted by Gasteiger charge is 2.01. The maximum absolute atomic E-state index is 5.63. The van der Waals surface area contributed by atoms with E-state index >= 15 is 0 Å². The summed E-state index contributed by atoms with van der Waals surface area (Å²) in [6.45, 7) is 0. The van der Waals surface area contributed by atoms with Crippen LogP contribution in [-0.2, 0) is 6.42 Å². The van der Waals surface area contributed by atoms with Crippen molar-refractivity contribution in [3.05, 3.63) is 31.8 Å². The van der Waals surface area contributed by atoms with Gasteiger partial charge in [0.25, 0.3) is 0 Å². The van der Waals surface area contributed by atoms with Gasteiger partial charge in [0.15, 0.2) is 0 Å². The Morgan fingerprint density at radius 3 is 2.83 bits per heavy atom. The Balaban J connectivity index is 2.78. The summed E-state index contributed by atoms with van der Waals surface area (Å²) in [5.74, 6) is 0.739. The molecule has 0 aliphatic heterocycles. The van der Waals surface area contributed by atoms with Gasteiger partial charge >= 0.3 is 0 Å². The topological polar surface area (TPSA) is 0 Å². The first-order chi connectivity index (χ1) is 5.75. The van der Waals surface area contributed by atoms with Gasteiger partial charge in [-0.15, -0.1) is 11.6 Å². The van der Waals surface area contributed by atoms with E-state index in [0.29, 0.717) is 0 Å². The first-order valence-electron chi connectivity index (χ1n) is 3.74. The fraction of sp³-hybridized carbons (Fsp3) is 0.333. The van der Waals surface area contributed by atoms with Gasteiger partial charge in [0.05, 0.1) is 0 Å². The van der Waals surface area contributed by atoms with Gasteiger partial charge in [-0.05, 0) is 63.0 Å². The summed E-state index contributed by atoms with van der Waals surface area (Å²) in [6.07, 6.45) is 2.12. The molecule has 0 spiro atoms. The van der Waals surface area contributed by atoms with Gasteiger partial charge in [-0.3, -0.25) is 0 Å². The van der Waals surface area contributed by atoms with E-state index in [-0.39, 0.29) is 0 Å². The van der Waals surface area contributed by atoms with Crippen molar-refractivity contribution in [2.24, 2.45) is 0 Å². The second-order valence-corrected chi connectivity index (χ2v) is 4.82. The normalized spacial score (nSPS) is 10.2. The van der Waals surface area contributed by atoms with Crippen LogP contribution in [0.1, 0.15) is 12.0 Å². The molecule has 0 amide bonds. The number of alkyl halides is 1. The average Bonchev–Trinajstić information content (AvgIpc) is 2.08. The first-order valence-corrected chi connectivity index (χ1v) is 6.15. The molecule has 0 N–H and O–H groups in total. The Morgan fingerprint density at radius 2 is 2.17 bits per heavy atom. The van der Waals surface area contributed by atoms with Crippen LogP contribution in [0.25, 0.3) is 0 Å². The zero-order valence-electron chi connectivity index (χ0n) is 6.49. The van der Waals surface area contributed by atoms with E-state index in [2.05, 4.69) is 56.7 Å². The number of hydrogen-bond acceptors (Lipinski definition) is 0. The molecule has 0 heterocycles. The minimum Gasteiger partial charge on any atom is -0.127 e. The van der Waals surface area contributed by atoms with E-state index in [9.17, 15) is 0 Å². The molecule has 1 aromatic carbocycles. The lowest BCUT2D eigenvalue weighted by atomic mass is 10.1. The third-order valence-corrected chi connectivity index (χ3v) is 4.55.